The van der Waals surface area contributed by atoms with Crippen LogP contribution in [-0.4, -0.2) is 51.2 Å². The molecule has 1 aliphatic carbocycles. The molecule has 5 rings (SSSR count). The fraction of sp³-hybridized carbons (Fsp3) is 0.391. The number of amides is 1. The number of ether oxygens (including phenoxy) is 1. The summed E-state index contributed by atoms with van der Waals surface area (Å²) in [5.74, 6) is 2.73. The number of likely N-dealkylation sites (tertiary alicyclic amines) is 1. The van der Waals surface area contributed by atoms with E-state index in [9.17, 15) is 4.79 Å². The average Bonchev–Trinajstić information content (AvgIpc) is 3.48. The first-order chi connectivity index (χ1) is 14.7. The molecule has 1 saturated carbocycles. The SMILES string of the molecule is COc1ccc(C2(C(=O)N3CCCC(c4nc(-c5cccnc5)n[nH]4)C3)CC2)cc1. The highest BCUT2D eigenvalue weighted by Crippen LogP contribution is 2.50. The quantitative estimate of drug-likeness (QED) is 0.707. The maximum Gasteiger partial charge on any atom is 0.233 e. The number of benzene rings is 1. The normalized spacial score (nSPS) is 20.0. The maximum absolute atomic E-state index is 13.5. The second-order valence-corrected chi connectivity index (χ2v) is 8.19. The molecule has 2 aliphatic rings. The van der Waals surface area contributed by atoms with E-state index in [1.54, 1.807) is 19.5 Å². The van der Waals surface area contributed by atoms with Crippen LogP contribution in [-0.2, 0) is 10.2 Å². The summed E-state index contributed by atoms with van der Waals surface area (Å²) in [6, 6.07) is 11.8. The number of hydrogen-bond acceptors (Lipinski definition) is 5. The molecule has 1 unspecified atom stereocenters. The second kappa shape index (κ2) is 7.55. The molecule has 7 heteroatoms. The van der Waals surface area contributed by atoms with E-state index in [2.05, 4.69) is 15.2 Å². The van der Waals surface area contributed by atoms with Crippen molar-refractivity contribution in [2.45, 2.75) is 37.0 Å². The van der Waals surface area contributed by atoms with Gasteiger partial charge in [0, 0.05) is 37.0 Å². The third-order valence-electron chi connectivity index (χ3n) is 6.32. The van der Waals surface area contributed by atoms with Crippen LogP contribution in [0.5, 0.6) is 5.75 Å². The van der Waals surface area contributed by atoms with E-state index in [1.165, 1.54) is 0 Å². The number of rotatable bonds is 5. The molecule has 0 bridgehead atoms. The molecule has 3 heterocycles. The van der Waals surface area contributed by atoms with Gasteiger partial charge in [0.25, 0.3) is 0 Å². The predicted octanol–water partition coefficient (Wildman–Crippen LogP) is 3.31. The van der Waals surface area contributed by atoms with Crippen LogP contribution >= 0.6 is 0 Å². The van der Waals surface area contributed by atoms with Gasteiger partial charge in [0.2, 0.25) is 5.91 Å². The molecule has 2 aromatic heterocycles. The lowest BCUT2D eigenvalue weighted by molar-refractivity contribution is -0.135. The average molecular weight is 403 g/mol. The lowest BCUT2D eigenvalue weighted by Crippen LogP contribution is -2.44. The Labute approximate surface area is 175 Å². The fourth-order valence-electron chi connectivity index (χ4n) is 4.43. The van der Waals surface area contributed by atoms with E-state index in [-0.39, 0.29) is 17.2 Å². The number of hydrogen-bond donors (Lipinski definition) is 1. The largest absolute Gasteiger partial charge is 0.497 e. The Morgan fingerprint density at radius 1 is 1.23 bits per heavy atom. The number of aromatic nitrogens is 4. The van der Waals surface area contributed by atoms with Crippen LogP contribution in [0.3, 0.4) is 0 Å². The number of nitrogens with zero attached hydrogens (tertiary/aromatic N) is 4. The molecule has 1 amide bonds. The topological polar surface area (TPSA) is 84.0 Å². The molecule has 154 valence electrons. The van der Waals surface area contributed by atoms with Gasteiger partial charge in [-0.2, -0.15) is 5.10 Å². The number of pyridine rings is 1. The Hall–Kier alpha value is -3.22. The molecule has 30 heavy (non-hydrogen) atoms. The van der Waals surface area contributed by atoms with Crippen molar-refractivity contribution < 1.29 is 9.53 Å². The third-order valence-corrected chi connectivity index (χ3v) is 6.32. The minimum atomic E-state index is -0.365. The van der Waals surface area contributed by atoms with Crippen molar-refractivity contribution in [3.05, 3.63) is 60.2 Å². The number of piperidine rings is 1. The van der Waals surface area contributed by atoms with Crippen LogP contribution in [0.1, 0.15) is 43.0 Å². The molecule has 1 saturated heterocycles. The number of carbonyl (C=O) groups excluding carboxylic acids is 1. The third kappa shape index (κ3) is 3.34. The van der Waals surface area contributed by atoms with Crippen LogP contribution in [0.25, 0.3) is 11.4 Å². The minimum absolute atomic E-state index is 0.173. The molecule has 1 aromatic carbocycles. The summed E-state index contributed by atoms with van der Waals surface area (Å²) >= 11 is 0. The summed E-state index contributed by atoms with van der Waals surface area (Å²) in [4.78, 5) is 24.3. The standard InChI is InChI=1S/C23H25N5O2/c1-30-19-8-6-18(7-9-19)23(10-11-23)22(29)28-13-3-5-17(15-28)21-25-20(26-27-21)16-4-2-12-24-14-16/h2,4,6-9,12,14,17H,3,5,10-11,13,15H2,1H3,(H,25,26,27). The Morgan fingerprint density at radius 3 is 2.77 bits per heavy atom. The molecule has 1 N–H and O–H groups in total. The van der Waals surface area contributed by atoms with Gasteiger partial charge in [0.1, 0.15) is 11.6 Å². The summed E-state index contributed by atoms with van der Waals surface area (Å²) in [7, 11) is 1.66. The lowest BCUT2D eigenvalue weighted by Gasteiger charge is -2.34. The van der Waals surface area contributed by atoms with Gasteiger partial charge < -0.3 is 9.64 Å². The van der Waals surface area contributed by atoms with Crippen LogP contribution in [0.15, 0.2) is 48.8 Å². The van der Waals surface area contributed by atoms with Crippen LogP contribution < -0.4 is 4.74 Å². The molecule has 0 spiro atoms. The van der Waals surface area contributed by atoms with E-state index >= 15 is 0 Å². The van der Waals surface area contributed by atoms with E-state index in [1.807, 2.05) is 41.3 Å². The zero-order chi connectivity index (χ0) is 20.6. The first kappa shape index (κ1) is 18.8. The first-order valence-electron chi connectivity index (χ1n) is 10.5. The van der Waals surface area contributed by atoms with Gasteiger partial charge in [-0.25, -0.2) is 4.98 Å². The lowest BCUT2D eigenvalue weighted by atomic mass is 9.91. The van der Waals surface area contributed by atoms with Gasteiger partial charge in [0.15, 0.2) is 5.82 Å². The molecular formula is C23H25N5O2. The van der Waals surface area contributed by atoms with E-state index in [0.717, 1.165) is 54.9 Å². The van der Waals surface area contributed by atoms with Gasteiger partial charge >= 0.3 is 0 Å². The highest BCUT2D eigenvalue weighted by Gasteiger charge is 2.53. The fourth-order valence-corrected chi connectivity index (χ4v) is 4.43. The number of H-pyrrole nitrogens is 1. The molecule has 1 atom stereocenters. The van der Waals surface area contributed by atoms with Crippen LogP contribution in [0.2, 0.25) is 0 Å². The highest BCUT2D eigenvalue weighted by molar-refractivity contribution is 5.91. The van der Waals surface area contributed by atoms with E-state index < -0.39 is 0 Å². The van der Waals surface area contributed by atoms with Crippen molar-refractivity contribution in [3.8, 4) is 17.1 Å². The van der Waals surface area contributed by atoms with Crippen molar-refractivity contribution in [2.75, 3.05) is 20.2 Å². The number of nitrogens with one attached hydrogen (secondary N) is 1. The number of aromatic amines is 1. The van der Waals surface area contributed by atoms with Crippen molar-refractivity contribution >= 4 is 5.91 Å². The van der Waals surface area contributed by atoms with Gasteiger partial charge in [-0.05, 0) is 55.5 Å². The van der Waals surface area contributed by atoms with Crippen molar-refractivity contribution in [1.29, 1.82) is 0 Å². The summed E-state index contributed by atoms with van der Waals surface area (Å²) in [5.41, 5.74) is 1.62. The maximum atomic E-state index is 13.5. The summed E-state index contributed by atoms with van der Waals surface area (Å²) in [6.45, 7) is 1.48. The minimum Gasteiger partial charge on any atom is -0.497 e. The molecular weight excluding hydrogens is 378 g/mol. The second-order valence-electron chi connectivity index (χ2n) is 8.19. The van der Waals surface area contributed by atoms with Gasteiger partial charge in [-0.1, -0.05) is 12.1 Å². The zero-order valence-electron chi connectivity index (χ0n) is 17.0. The zero-order valence-corrected chi connectivity index (χ0v) is 17.0. The van der Waals surface area contributed by atoms with Gasteiger partial charge in [-0.15, -0.1) is 0 Å². The van der Waals surface area contributed by atoms with Crippen molar-refractivity contribution in [2.24, 2.45) is 0 Å². The smallest absolute Gasteiger partial charge is 0.233 e. The molecule has 1 aliphatic heterocycles. The van der Waals surface area contributed by atoms with Gasteiger partial charge in [0.05, 0.1) is 12.5 Å². The number of methoxy groups -OCH3 is 1. The summed E-state index contributed by atoms with van der Waals surface area (Å²) < 4.78 is 5.26. The van der Waals surface area contributed by atoms with Crippen molar-refractivity contribution in [1.82, 2.24) is 25.1 Å². The molecule has 7 nitrogen and oxygen atoms in total. The summed E-state index contributed by atoms with van der Waals surface area (Å²) in [5, 5.41) is 7.46. The van der Waals surface area contributed by atoms with Crippen LogP contribution in [0.4, 0.5) is 0 Å². The highest BCUT2D eigenvalue weighted by atomic mass is 16.5. The number of carbonyl (C=O) groups is 1. The van der Waals surface area contributed by atoms with E-state index in [0.29, 0.717) is 12.4 Å². The van der Waals surface area contributed by atoms with Crippen LogP contribution in [0, 0.1) is 0 Å². The Balaban J connectivity index is 1.32. The Morgan fingerprint density at radius 2 is 2.07 bits per heavy atom. The monoisotopic (exact) mass is 403 g/mol. The Kier molecular flexibility index (Phi) is 4.73. The van der Waals surface area contributed by atoms with E-state index in [4.69, 9.17) is 9.72 Å². The van der Waals surface area contributed by atoms with Crippen molar-refractivity contribution in [3.63, 3.8) is 0 Å². The van der Waals surface area contributed by atoms with Gasteiger partial charge in [-0.3, -0.25) is 14.9 Å². The Bertz CT molecular complexity index is 1030. The predicted molar refractivity (Wildman–Crippen MR) is 112 cm³/mol. The summed E-state index contributed by atoms with van der Waals surface area (Å²) in [6.07, 6.45) is 7.28. The molecule has 2 fully saturated rings. The molecule has 3 aromatic rings. The first-order valence-corrected chi connectivity index (χ1v) is 10.5. The molecule has 0 radical (unpaired) electrons.